The maximum Gasteiger partial charge on any atom is 0.313 e. The van der Waals surface area contributed by atoms with Crippen molar-refractivity contribution in [3.8, 4) is 0 Å². The molecule has 1 aromatic rings. The average Bonchev–Trinajstić information content (AvgIpc) is 2.47. The fourth-order valence-electron chi connectivity index (χ4n) is 1.84. The van der Waals surface area contributed by atoms with E-state index in [0.29, 0.717) is 18.5 Å². The average molecular weight is 310 g/mol. The van der Waals surface area contributed by atoms with Crippen molar-refractivity contribution in [3.63, 3.8) is 0 Å². The summed E-state index contributed by atoms with van der Waals surface area (Å²) in [6.07, 6.45) is 1.39. The fraction of sp³-hybridized carbons (Fsp3) is 0.500. The summed E-state index contributed by atoms with van der Waals surface area (Å²) in [6, 6.07) is 3.98. The second-order valence-corrected chi connectivity index (χ2v) is 6.10. The van der Waals surface area contributed by atoms with Crippen LogP contribution in [0.15, 0.2) is 18.2 Å². The van der Waals surface area contributed by atoms with Gasteiger partial charge in [-0.3, -0.25) is 9.59 Å². The Morgan fingerprint density at radius 1 is 1.27 bits per heavy atom. The van der Waals surface area contributed by atoms with Crippen molar-refractivity contribution < 1.29 is 19.1 Å². The Morgan fingerprint density at radius 2 is 1.95 bits per heavy atom. The van der Waals surface area contributed by atoms with Crippen LogP contribution in [0.25, 0.3) is 0 Å². The summed E-state index contributed by atoms with van der Waals surface area (Å²) in [5.74, 6) is -2.06. The summed E-state index contributed by atoms with van der Waals surface area (Å²) in [4.78, 5) is 23.4. The normalized spacial score (nSPS) is 11.1. The van der Waals surface area contributed by atoms with Crippen LogP contribution in [0.3, 0.4) is 0 Å². The molecule has 1 aromatic carbocycles. The van der Waals surface area contributed by atoms with Crippen molar-refractivity contribution in [2.45, 2.75) is 33.6 Å². The van der Waals surface area contributed by atoms with Gasteiger partial charge in [0.25, 0.3) is 0 Å². The van der Waals surface area contributed by atoms with Gasteiger partial charge in [0.1, 0.15) is 5.82 Å². The maximum atomic E-state index is 13.1. The van der Waals surface area contributed by atoms with Gasteiger partial charge in [-0.05, 0) is 42.9 Å². The predicted molar refractivity (Wildman–Crippen MR) is 82.9 cm³/mol. The Morgan fingerprint density at radius 3 is 2.59 bits per heavy atom. The number of hydrogen-bond acceptors (Lipinski definition) is 3. The van der Waals surface area contributed by atoms with Gasteiger partial charge in [-0.2, -0.15) is 0 Å². The molecule has 3 N–H and O–H groups in total. The van der Waals surface area contributed by atoms with E-state index >= 15 is 0 Å². The van der Waals surface area contributed by atoms with Crippen molar-refractivity contribution in [1.29, 1.82) is 0 Å². The molecule has 22 heavy (non-hydrogen) atoms. The van der Waals surface area contributed by atoms with E-state index in [1.54, 1.807) is 6.92 Å². The molecule has 2 amide bonds. The number of halogens is 1. The number of carbonyl (C=O) groups is 2. The molecular formula is C16H23FN2O3. The third-order valence-electron chi connectivity index (χ3n) is 3.40. The third-order valence-corrected chi connectivity index (χ3v) is 3.40. The first kappa shape index (κ1) is 18.1. The first-order valence-electron chi connectivity index (χ1n) is 7.21. The zero-order valence-corrected chi connectivity index (χ0v) is 13.2. The van der Waals surface area contributed by atoms with E-state index in [1.165, 1.54) is 18.2 Å². The largest absolute Gasteiger partial charge is 0.396 e. The smallest absolute Gasteiger partial charge is 0.313 e. The number of carbonyl (C=O) groups excluding carboxylic acids is 2. The SMILES string of the molecule is Cc1ccc(F)cc1NC(=O)C(=O)NCCCC(C)(C)CO. The van der Waals surface area contributed by atoms with Crippen LogP contribution in [0.4, 0.5) is 10.1 Å². The van der Waals surface area contributed by atoms with Crippen LogP contribution in [0.5, 0.6) is 0 Å². The number of aryl methyl sites for hydroxylation is 1. The van der Waals surface area contributed by atoms with Crippen LogP contribution in [0.2, 0.25) is 0 Å². The molecule has 0 aliphatic carbocycles. The first-order valence-corrected chi connectivity index (χ1v) is 7.21. The first-order chi connectivity index (χ1) is 10.2. The summed E-state index contributed by atoms with van der Waals surface area (Å²) in [7, 11) is 0. The van der Waals surface area contributed by atoms with Crippen LogP contribution in [-0.2, 0) is 9.59 Å². The van der Waals surface area contributed by atoms with Crippen LogP contribution >= 0.6 is 0 Å². The molecule has 0 aromatic heterocycles. The number of aliphatic hydroxyl groups excluding tert-OH is 1. The van der Waals surface area contributed by atoms with Crippen LogP contribution < -0.4 is 10.6 Å². The number of rotatable bonds is 6. The molecule has 6 heteroatoms. The molecule has 0 saturated heterocycles. The molecule has 122 valence electrons. The highest BCUT2D eigenvalue weighted by Gasteiger charge is 2.17. The van der Waals surface area contributed by atoms with E-state index in [-0.39, 0.29) is 17.7 Å². The molecular weight excluding hydrogens is 287 g/mol. The molecule has 0 aliphatic heterocycles. The van der Waals surface area contributed by atoms with Crippen molar-refractivity contribution in [2.24, 2.45) is 5.41 Å². The van der Waals surface area contributed by atoms with E-state index in [1.807, 2.05) is 13.8 Å². The van der Waals surface area contributed by atoms with E-state index in [2.05, 4.69) is 10.6 Å². The van der Waals surface area contributed by atoms with Gasteiger partial charge in [-0.25, -0.2) is 4.39 Å². The number of amides is 2. The minimum atomic E-state index is -0.824. The van der Waals surface area contributed by atoms with Crippen molar-refractivity contribution in [2.75, 3.05) is 18.5 Å². The van der Waals surface area contributed by atoms with Gasteiger partial charge >= 0.3 is 11.8 Å². The maximum absolute atomic E-state index is 13.1. The lowest BCUT2D eigenvalue weighted by Crippen LogP contribution is -2.36. The molecule has 0 atom stereocenters. The topological polar surface area (TPSA) is 78.4 Å². The number of nitrogens with one attached hydrogen (secondary N) is 2. The molecule has 0 aliphatic rings. The van der Waals surface area contributed by atoms with E-state index in [0.717, 1.165) is 6.42 Å². The highest BCUT2D eigenvalue weighted by atomic mass is 19.1. The van der Waals surface area contributed by atoms with Crippen molar-refractivity contribution >= 4 is 17.5 Å². The summed E-state index contributed by atoms with van der Waals surface area (Å²) >= 11 is 0. The Kier molecular flexibility index (Phi) is 6.49. The predicted octanol–water partition coefficient (Wildman–Crippen LogP) is 1.99. The highest BCUT2D eigenvalue weighted by Crippen LogP contribution is 2.20. The van der Waals surface area contributed by atoms with Crippen molar-refractivity contribution in [1.82, 2.24) is 5.32 Å². The monoisotopic (exact) mass is 310 g/mol. The molecule has 5 nitrogen and oxygen atoms in total. The van der Waals surface area contributed by atoms with Gasteiger partial charge in [0.05, 0.1) is 0 Å². The van der Waals surface area contributed by atoms with Gasteiger partial charge < -0.3 is 15.7 Å². The zero-order chi connectivity index (χ0) is 16.8. The lowest BCUT2D eigenvalue weighted by Gasteiger charge is -2.21. The highest BCUT2D eigenvalue weighted by molar-refractivity contribution is 6.39. The number of aliphatic hydroxyl groups is 1. The van der Waals surface area contributed by atoms with Gasteiger partial charge in [-0.1, -0.05) is 19.9 Å². The van der Waals surface area contributed by atoms with E-state index < -0.39 is 17.6 Å². The summed E-state index contributed by atoms with van der Waals surface area (Å²) < 4.78 is 13.1. The molecule has 0 saturated carbocycles. The van der Waals surface area contributed by atoms with Gasteiger partial charge in [0.15, 0.2) is 0 Å². The molecule has 0 spiro atoms. The fourth-order valence-corrected chi connectivity index (χ4v) is 1.84. The van der Waals surface area contributed by atoms with Crippen LogP contribution in [0, 0.1) is 18.2 Å². The second kappa shape index (κ2) is 7.89. The third kappa shape index (κ3) is 5.81. The molecule has 1 rings (SSSR count). The molecule has 0 unspecified atom stereocenters. The summed E-state index contributed by atoms with van der Waals surface area (Å²) in [5, 5.41) is 14.0. The van der Waals surface area contributed by atoms with Gasteiger partial charge in [-0.15, -0.1) is 0 Å². The van der Waals surface area contributed by atoms with E-state index in [9.17, 15) is 14.0 Å². The Balaban J connectivity index is 2.43. The number of benzene rings is 1. The van der Waals surface area contributed by atoms with E-state index in [4.69, 9.17) is 5.11 Å². The minimum absolute atomic E-state index is 0.0697. The Bertz CT molecular complexity index is 544. The second-order valence-electron chi connectivity index (χ2n) is 6.10. The zero-order valence-electron chi connectivity index (χ0n) is 13.2. The Hall–Kier alpha value is -1.95. The molecule has 0 radical (unpaired) electrons. The number of hydrogen-bond donors (Lipinski definition) is 3. The minimum Gasteiger partial charge on any atom is -0.396 e. The van der Waals surface area contributed by atoms with Crippen LogP contribution in [-0.4, -0.2) is 30.1 Å². The lowest BCUT2D eigenvalue weighted by atomic mass is 9.89. The molecule has 0 heterocycles. The summed E-state index contributed by atoms with van der Waals surface area (Å²) in [6.45, 7) is 5.98. The summed E-state index contributed by atoms with van der Waals surface area (Å²) in [5.41, 5.74) is 0.750. The Labute approximate surface area is 129 Å². The quantitative estimate of drug-likeness (QED) is 0.555. The van der Waals surface area contributed by atoms with Crippen LogP contribution in [0.1, 0.15) is 32.3 Å². The lowest BCUT2D eigenvalue weighted by molar-refractivity contribution is -0.136. The standard InChI is InChI=1S/C16H23FN2O3/c1-11-5-6-12(17)9-13(11)19-15(22)14(21)18-8-4-7-16(2,3)10-20/h5-6,9,20H,4,7-8,10H2,1-3H3,(H,18,21)(H,19,22). The molecule has 0 fully saturated rings. The van der Waals surface area contributed by atoms with Gasteiger partial charge in [0, 0.05) is 18.8 Å². The molecule has 0 bridgehead atoms. The van der Waals surface area contributed by atoms with Crippen molar-refractivity contribution in [3.05, 3.63) is 29.6 Å². The van der Waals surface area contributed by atoms with Gasteiger partial charge in [0.2, 0.25) is 0 Å². The number of anilines is 1.